The minimum absolute atomic E-state index is 0.0531. The number of hydrogen-bond donors (Lipinski definition) is 1. The van der Waals surface area contributed by atoms with Crippen LogP contribution in [0.1, 0.15) is 43.4 Å². The summed E-state index contributed by atoms with van der Waals surface area (Å²) < 4.78 is 11.9. The lowest BCUT2D eigenvalue weighted by Crippen LogP contribution is -2.16. The molecule has 3 aromatic rings. The van der Waals surface area contributed by atoms with Gasteiger partial charge in [0.2, 0.25) is 11.7 Å². The smallest absolute Gasteiger partial charge is 0.346 e. The first-order valence-electron chi connectivity index (χ1n) is 8.51. The van der Waals surface area contributed by atoms with Gasteiger partial charge in [-0.05, 0) is 32.4 Å². The topological polar surface area (TPSA) is 100 Å². The van der Waals surface area contributed by atoms with Gasteiger partial charge in [-0.25, -0.2) is 4.79 Å². The molecule has 2 N–H and O–H groups in total. The van der Waals surface area contributed by atoms with Crippen LogP contribution in [0.5, 0.6) is 0 Å². The van der Waals surface area contributed by atoms with Gasteiger partial charge in [0.15, 0.2) is 6.61 Å². The molecule has 0 radical (unpaired) electrons. The average Bonchev–Trinajstić information content (AvgIpc) is 3.13. The number of ether oxygens (including phenoxy) is 1. The number of esters is 1. The lowest BCUT2D eigenvalue weighted by Gasteiger charge is -2.10. The average molecular weight is 367 g/mol. The number of rotatable bonds is 6. The number of aryl methyl sites for hydroxylation is 2. The number of nitrogens with zero attached hydrogens (tertiary/aromatic N) is 2. The van der Waals surface area contributed by atoms with Gasteiger partial charge in [0.25, 0.3) is 0 Å². The second-order valence-electron chi connectivity index (χ2n) is 6.36. The molecule has 0 unspecified atom stereocenters. The monoisotopic (exact) mass is 367 g/mol. The van der Waals surface area contributed by atoms with Crippen LogP contribution < -0.4 is 5.73 Å². The Morgan fingerprint density at radius 3 is 2.52 bits per heavy atom. The molecular weight excluding hydrogens is 346 g/mol. The normalized spacial score (nSPS) is 10.8. The van der Waals surface area contributed by atoms with Crippen molar-refractivity contribution in [2.24, 2.45) is 0 Å². The maximum atomic E-state index is 12.6. The number of Topliss-reactive ketones (excluding diaryl/α,β-unsaturated/α-hetero) is 1. The Morgan fingerprint density at radius 1 is 1.19 bits per heavy atom. The molecule has 0 amide bonds. The lowest BCUT2D eigenvalue weighted by atomic mass is 10.1. The van der Waals surface area contributed by atoms with Gasteiger partial charge in [-0.2, -0.15) is 0 Å². The minimum Gasteiger partial charge on any atom is -0.453 e. The third-order valence-electron chi connectivity index (χ3n) is 4.49. The molecule has 0 aliphatic carbocycles. The van der Waals surface area contributed by atoms with Gasteiger partial charge in [0.05, 0.1) is 5.69 Å². The predicted molar refractivity (Wildman–Crippen MR) is 99.7 cm³/mol. The van der Waals surface area contributed by atoms with Crippen molar-refractivity contribution in [2.45, 2.75) is 27.3 Å². The maximum absolute atomic E-state index is 12.6. The molecule has 140 valence electrons. The first-order valence-corrected chi connectivity index (χ1v) is 8.51. The van der Waals surface area contributed by atoms with E-state index in [-0.39, 0.29) is 23.8 Å². The number of ketones is 1. The van der Waals surface area contributed by atoms with E-state index in [1.807, 2.05) is 50.2 Å². The van der Waals surface area contributed by atoms with Gasteiger partial charge in [-0.3, -0.25) is 4.79 Å². The molecule has 2 aromatic heterocycles. The van der Waals surface area contributed by atoms with Gasteiger partial charge >= 0.3 is 5.97 Å². The Kier molecular flexibility index (Phi) is 5.12. The Bertz CT molecular complexity index is 967. The minimum atomic E-state index is -0.724. The summed E-state index contributed by atoms with van der Waals surface area (Å²) in [5.41, 5.74) is 9.41. The van der Waals surface area contributed by atoms with E-state index >= 15 is 0 Å². The number of nitrogen functional groups attached to an aromatic ring is 1. The van der Waals surface area contributed by atoms with E-state index in [0.717, 1.165) is 17.0 Å². The summed E-state index contributed by atoms with van der Waals surface area (Å²) in [6.07, 6.45) is 0. The molecule has 0 saturated carbocycles. The molecule has 1 aromatic carbocycles. The molecular formula is C20H21N3O4. The van der Waals surface area contributed by atoms with Gasteiger partial charge < -0.3 is 19.6 Å². The fourth-order valence-electron chi connectivity index (χ4n) is 3.01. The highest BCUT2D eigenvalue weighted by molar-refractivity contribution is 6.01. The predicted octanol–water partition coefficient (Wildman–Crippen LogP) is 3.07. The second kappa shape index (κ2) is 7.49. The summed E-state index contributed by atoms with van der Waals surface area (Å²) in [5, 5.41) is 3.60. The van der Waals surface area contributed by atoms with E-state index in [9.17, 15) is 9.59 Å². The zero-order valence-electron chi connectivity index (χ0n) is 15.5. The molecule has 0 fully saturated rings. The fourth-order valence-corrected chi connectivity index (χ4v) is 3.01. The van der Waals surface area contributed by atoms with Crippen LogP contribution in [0.2, 0.25) is 0 Å². The van der Waals surface area contributed by atoms with Crippen molar-refractivity contribution in [2.75, 3.05) is 12.3 Å². The number of aromatic nitrogens is 2. The van der Waals surface area contributed by atoms with Crippen molar-refractivity contribution >= 4 is 17.6 Å². The van der Waals surface area contributed by atoms with Gasteiger partial charge in [0.1, 0.15) is 5.56 Å². The van der Waals surface area contributed by atoms with E-state index in [2.05, 4.69) is 9.72 Å². The molecule has 0 atom stereocenters. The van der Waals surface area contributed by atoms with Crippen molar-refractivity contribution in [1.29, 1.82) is 0 Å². The molecule has 0 aliphatic rings. The van der Waals surface area contributed by atoms with Crippen LogP contribution in [-0.4, -0.2) is 28.1 Å². The zero-order valence-corrected chi connectivity index (χ0v) is 15.5. The molecule has 0 spiro atoms. The number of carbonyl (C=O) groups excluding carboxylic acids is 2. The number of carbonyl (C=O) groups is 2. The van der Waals surface area contributed by atoms with Crippen LogP contribution in [0.25, 0.3) is 0 Å². The summed E-state index contributed by atoms with van der Waals surface area (Å²) in [5.74, 6) is -1.12. The maximum Gasteiger partial charge on any atom is 0.346 e. The van der Waals surface area contributed by atoms with Gasteiger partial charge in [-0.1, -0.05) is 35.5 Å². The molecule has 2 heterocycles. The van der Waals surface area contributed by atoms with Crippen LogP contribution in [0, 0.1) is 20.8 Å². The van der Waals surface area contributed by atoms with Crippen molar-refractivity contribution in [1.82, 2.24) is 9.72 Å². The summed E-state index contributed by atoms with van der Waals surface area (Å²) in [6, 6.07) is 11.8. The van der Waals surface area contributed by atoms with E-state index in [1.54, 1.807) is 6.92 Å². The number of benzene rings is 1. The molecule has 3 rings (SSSR count). The highest BCUT2D eigenvalue weighted by Gasteiger charge is 2.22. The zero-order chi connectivity index (χ0) is 19.6. The van der Waals surface area contributed by atoms with Crippen LogP contribution >= 0.6 is 0 Å². The third-order valence-corrected chi connectivity index (χ3v) is 4.49. The van der Waals surface area contributed by atoms with Crippen LogP contribution in [0.4, 0.5) is 5.88 Å². The number of anilines is 1. The first-order chi connectivity index (χ1) is 12.9. The molecule has 0 saturated heterocycles. The van der Waals surface area contributed by atoms with Crippen LogP contribution in [0.3, 0.4) is 0 Å². The van der Waals surface area contributed by atoms with E-state index in [4.69, 9.17) is 15.0 Å². The molecule has 27 heavy (non-hydrogen) atoms. The number of nitrogens with two attached hydrogens (primary N) is 1. The molecule has 7 nitrogen and oxygen atoms in total. The summed E-state index contributed by atoms with van der Waals surface area (Å²) in [7, 11) is 0. The van der Waals surface area contributed by atoms with E-state index in [0.29, 0.717) is 17.8 Å². The Morgan fingerprint density at radius 2 is 1.89 bits per heavy atom. The Balaban J connectivity index is 1.72. The first kappa shape index (κ1) is 18.4. The van der Waals surface area contributed by atoms with Crippen molar-refractivity contribution in [3.05, 3.63) is 70.2 Å². The standard InChI is InChI=1S/C20H21N3O4/c1-12-9-16(14(3)23(12)10-15-7-5-4-6-8-15)17(24)11-26-20(25)18-13(2)22-27-19(18)21/h4-9H,10-11,21H2,1-3H3. The molecule has 0 bridgehead atoms. The van der Waals surface area contributed by atoms with Crippen molar-refractivity contribution in [3.8, 4) is 0 Å². The second-order valence-corrected chi connectivity index (χ2v) is 6.36. The van der Waals surface area contributed by atoms with Crippen LogP contribution in [0.15, 0.2) is 40.9 Å². The van der Waals surface area contributed by atoms with E-state index in [1.165, 1.54) is 0 Å². The number of hydrogen-bond acceptors (Lipinski definition) is 6. The largest absolute Gasteiger partial charge is 0.453 e. The third kappa shape index (κ3) is 3.76. The van der Waals surface area contributed by atoms with Crippen molar-refractivity contribution in [3.63, 3.8) is 0 Å². The van der Waals surface area contributed by atoms with Gasteiger partial charge in [0, 0.05) is 23.5 Å². The Hall–Kier alpha value is -3.35. The van der Waals surface area contributed by atoms with Crippen molar-refractivity contribution < 1.29 is 18.8 Å². The lowest BCUT2D eigenvalue weighted by molar-refractivity contribution is 0.0474. The highest BCUT2D eigenvalue weighted by atomic mass is 16.5. The molecule has 0 aliphatic heterocycles. The highest BCUT2D eigenvalue weighted by Crippen LogP contribution is 2.19. The fraction of sp³-hybridized carbons (Fsp3) is 0.250. The van der Waals surface area contributed by atoms with Gasteiger partial charge in [-0.15, -0.1) is 0 Å². The molecule has 7 heteroatoms. The quantitative estimate of drug-likeness (QED) is 0.531. The summed E-state index contributed by atoms with van der Waals surface area (Å²) >= 11 is 0. The van der Waals surface area contributed by atoms with E-state index < -0.39 is 5.97 Å². The summed E-state index contributed by atoms with van der Waals surface area (Å²) in [6.45, 7) is 5.70. The van der Waals surface area contributed by atoms with Crippen LogP contribution in [-0.2, 0) is 11.3 Å². The Labute approximate surface area is 156 Å². The SMILES string of the molecule is Cc1noc(N)c1C(=O)OCC(=O)c1cc(C)n(Cc2ccccc2)c1C. The summed E-state index contributed by atoms with van der Waals surface area (Å²) in [4.78, 5) is 24.7.